The third-order valence-electron chi connectivity index (χ3n) is 11.8. The topological polar surface area (TPSA) is 231 Å². The number of ether oxygens (including phenoxy) is 3. The SMILES string of the molecule is CC/C=C\C/C=C\C/C=C\C/C=C\C/C=C\C/C=C\CCC(=O)OCC(O)COP(=O)(O)OCC(O)COP(=O)(O)OCC(COC(=O)CCCCCCC/C=C\C/C=C\CCC)OC(=O)CCCCCCCCCCCCC. The van der Waals surface area contributed by atoms with Gasteiger partial charge in [-0.15, -0.1) is 0 Å². The van der Waals surface area contributed by atoms with Crippen LogP contribution < -0.4 is 0 Å². The normalized spacial score (nSPS) is 15.2. The fraction of sp³-hybridized carbons (Fsp3) is 0.689. The lowest BCUT2D eigenvalue weighted by Gasteiger charge is -2.21. The van der Waals surface area contributed by atoms with E-state index in [1.807, 2.05) is 18.2 Å². The number of hydrogen-bond acceptors (Lipinski definition) is 14. The Balaban J connectivity index is 4.68. The van der Waals surface area contributed by atoms with E-state index in [1.54, 1.807) is 0 Å². The molecule has 0 saturated carbocycles. The van der Waals surface area contributed by atoms with Crippen molar-refractivity contribution < 1.29 is 75.8 Å². The Labute approximate surface area is 476 Å². The number of carbonyl (C=O) groups excluding carboxylic acids is 3. The molecule has 0 aromatic rings. The maximum atomic E-state index is 12.8. The van der Waals surface area contributed by atoms with Crippen LogP contribution in [0, 0.1) is 0 Å². The van der Waals surface area contributed by atoms with Gasteiger partial charge in [0.1, 0.15) is 25.4 Å². The van der Waals surface area contributed by atoms with Gasteiger partial charge in [0.15, 0.2) is 6.10 Å². The van der Waals surface area contributed by atoms with Crippen molar-refractivity contribution >= 4 is 33.6 Å². The van der Waals surface area contributed by atoms with E-state index in [9.17, 15) is 43.5 Å². The lowest BCUT2D eigenvalue weighted by atomic mass is 10.1. The molecule has 0 spiro atoms. The minimum absolute atomic E-state index is 0.0589. The van der Waals surface area contributed by atoms with E-state index in [0.29, 0.717) is 25.7 Å². The maximum Gasteiger partial charge on any atom is 0.472 e. The summed E-state index contributed by atoms with van der Waals surface area (Å²) in [6.07, 6.45) is 56.5. The van der Waals surface area contributed by atoms with E-state index >= 15 is 0 Å². The third kappa shape index (κ3) is 56.1. The molecular weight excluding hydrogens is 1050 g/mol. The number of hydrogen-bond donors (Lipinski definition) is 4. The Bertz CT molecular complexity index is 1840. The molecule has 0 heterocycles. The van der Waals surface area contributed by atoms with E-state index in [0.717, 1.165) is 109 Å². The zero-order chi connectivity index (χ0) is 58.2. The summed E-state index contributed by atoms with van der Waals surface area (Å²) in [6.45, 7) is 2.33. The van der Waals surface area contributed by atoms with Crippen LogP contribution in [0.5, 0.6) is 0 Å². The zero-order valence-corrected chi connectivity index (χ0v) is 50.3. The molecule has 5 atom stereocenters. The van der Waals surface area contributed by atoms with Gasteiger partial charge in [0, 0.05) is 19.3 Å². The van der Waals surface area contributed by atoms with Gasteiger partial charge in [0.05, 0.1) is 26.4 Å². The lowest BCUT2D eigenvalue weighted by molar-refractivity contribution is -0.161. The van der Waals surface area contributed by atoms with Crippen LogP contribution in [-0.2, 0) is 55.8 Å². The van der Waals surface area contributed by atoms with Crippen molar-refractivity contribution in [1.82, 2.24) is 0 Å². The minimum atomic E-state index is -4.92. The Hall–Kier alpha value is -3.53. The number of esters is 3. The molecule has 0 radical (unpaired) electrons. The highest BCUT2D eigenvalue weighted by molar-refractivity contribution is 7.47. The summed E-state index contributed by atoms with van der Waals surface area (Å²) < 4.78 is 60.4. The number of aliphatic hydroxyl groups excluding tert-OH is 2. The van der Waals surface area contributed by atoms with E-state index in [1.165, 1.54) is 38.5 Å². The number of phosphoric ester groups is 2. The van der Waals surface area contributed by atoms with Crippen molar-refractivity contribution in [2.24, 2.45) is 0 Å². The first-order chi connectivity index (χ1) is 38.2. The minimum Gasteiger partial charge on any atom is -0.463 e. The second-order valence-electron chi connectivity index (χ2n) is 19.4. The molecule has 0 fully saturated rings. The maximum absolute atomic E-state index is 12.8. The summed E-state index contributed by atoms with van der Waals surface area (Å²) in [5.41, 5.74) is 0. The highest BCUT2D eigenvalue weighted by Crippen LogP contribution is 2.45. The number of aliphatic hydroxyl groups is 2. The standard InChI is InChI=1S/C61H104O16P2/c1-4-7-10-13-16-19-22-24-25-26-27-28-29-31-34-35-38-41-44-47-59(64)71-50-56(62)51-73-78(67,68)74-52-57(63)53-75-79(69,70)76-55-58(77-61(66)49-46-43-40-37-32-21-18-15-12-9-6-3)54-72-60(65)48-45-42-39-36-33-30-23-20-17-14-11-8-5-2/h7,10-11,14,16,19-20,23-25,27-28,31,34,38,41,56-58,62-63H,4-6,8-9,12-13,15,17-18,21-22,26,29-30,32-33,35-37,39-40,42-55H2,1-3H3,(H,67,68)(H,69,70)/b10-7-,14-11-,19-16-,23-20-,25-24-,28-27-,34-31-,41-38-. The van der Waals surface area contributed by atoms with Gasteiger partial charge in [0.2, 0.25) is 0 Å². The number of allylic oxidation sites excluding steroid dienone is 16. The lowest BCUT2D eigenvalue weighted by Crippen LogP contribution is -2.30. The largest absolute Gasteiger partial charge is 0.472 e. The van der Waals surface area contributed by atoms with Crippen molar-refractivity contribution in [2.75, 3.05) is 39.6 Å². The first-order valence-electron chi connectivity index (χ1n) is 29.5. The van der Waals surface area contributed by atoms with Crippen LogP contribution in [0.25, 0.3) is 0 Å². The van der Waals surface area contributed by atoms with Gasteiger partial charge in [-0.05, 0) is 83.5 Å². The van der Waals surface area contributed by atoms with Crippen molar-refractivity contribution in [1.29, 1.82) is 0 Å². The Morgan fingerprint density at radius 2 is 0.722 bits per heavy atom. The molecule has 0 aliphatic carbocycles. The predicted molar refractivity (Wildman–Crippen MR) is 316 cm³/mol. The highest BCUT2D eigenvalue weighted by atomic mass is 31.2. The van der Waals surface area contributed by atoms with Crippen LogP contribution in [0.2, 0.25) is 0 Å². The summed E-state index contributed by atoms with van der Waals surface area (Å²) in [7, 11) is -9.78. The highest BCUT2D eigenvalue weighted by Gasteiger charge is 2.29. The van der Waals surface area contributed by atoms with E-state index in [-0.39, 0.29) is 19.3 Å². The van der Waals surface area contributed by atoms with Crippen LogP contribution in [0.1, 0.15) is 213 Å². The molecule has 16 nitrogen and oxygen atoms in total. The Morgan fingerprint density at radius 3 is 1.19 bits per heavy atom. The number of carbonyl (C=O) groups is 3. The van der Waals surface area contributed by atoms with E-state index in [4.69, 9.17) is 32.3 Å². The quantitative estimate of drug-likeness (QED) is 0.0146. The summed E-state index contributed by atoms with van der Waals surface area (Å²) in [6, 6.07) is 0. The fourth-order valence-corrected chi connectivity index (χ4v) is 8.86. The number of unbranched alkanes of at least 4 members (excludes halogenated alkanes) is 16. The van der Waals surface area contributed by atoms with Crippen LogP contribution >= 0.6 is 15.6 Å². The fourth-order valence-electron chi connectivity index (χ4n) is 7.28. The van der Waals surface area contributed by atoms with Crippen LogP contribution in [0.15, 0.2) is 97.2 Å². The van der Waals surface area contributed by atoms with Gasteiger partial charge in [-0.3, -0.25) is 32.5 Å². The second kappa shape index (κ2) is 55.0. The first-order valence-corrected chi connectivity index (χ1v) is 32.5. The van der Waals surface area contributed by atoms with Gasteiger partial charge in [-0.1, -0.05) is 208 Å². The van der Waals surface area contributed by atoms with Crippen molar-refractivity contribution in [3.8, 4) is 0 Å². The second-order valence-corrected chi connectivity index (χ2v) is 22.3. The van der Waals surface area contributed by atoms with Gasteiger partial charge >= 0.3 is 33.6 Å². The molecule has 0 rings (SSSR count). The van der Waals surface area contributed by atoms with Gasteiger partial charge in [-0.25, -0.2) is 9.13 Å². The third-order valence-corrected chi connectivity index (χ3v) is 13.7. The monoisotopic (exact) mass is 1150 g/mol. The molecule has 5 unspecified atom stereocenters. The summed E-state index contributed by atoms with van der Waals surface area (Å²) in [4.78, 5) is 57.9. The Kier molecular flexibility index (Phi) is 52.6. The molecule has 0 saturated heterocycles. The molecule has 0 aromatic heterocycles. The van der Waals surface area contributed by atoms with Crippen LogP contribution in [0.4, 0.5) is 0 Å². The smallest absolute Gasteiger partial charge is 0.463 e. The Morgan fingerprint density at radius 1 is 0.367 bits per heavy atom. The molecule has 0 amide bonds. The molecule has 79 heavy (non-hydrogen) atoms. The van der Waals surface area contributed by atoms with Crippen LogP contribution in [-0.4, -0.2) is 95.9 Å². The first kappa shape index (κ1) is 75.5. The summed E-state index contributed by atoms with van der Waals surface area (Å²) in [5.74, 6) is -1.68. The molecule has 18 heteroatoms. The van der Waals surface area contributed by atoms with Gasteiger partial charge < -0.3 is 34.2 Å². The predicted octanol–water partition coefficient (Wildman–Crippen LogP) is 15.2. The zero-order valence-electron chi connectivity index (χ0n) is 48.5. The van der Waals surface area contributed by atoms with Crippen molar-refractivity contribution in [3.63, 3.8) is 0 Å². The van der Waals surface area contributed by atoms with E-state index in [2.05, 4.69) is 99.8 Å². The van der Waals surface area contributed by atoms with Crippen molar-refractivity contribution in [2.45, 2.75) is 232 Å². The van der Waals surface area contributed by atoms with Gasteiger partial charge in [0.25, 0.3) is 0 Å². The molecule has 0 aromatic carbocycles. The average molecular weight is 1160 g/mol. The van der Waals surface area contributed by atoms with Gasteiger partial charge in [-0.2, -0.15) is 0 Å². The molecular formula is C61H104O16P2. The molecule has 0 bridgehead atoms. The van der Waals surface area contributed by atoms with E-state index < -0.39 is 91.5 Å². The van der Waals surface area contributed by atoms with Crippen LogP contribution in [0.3, 0.4) is 0 Å². The molecule has 454 valence electrons. The molecule has 4 N–H and O–H groups in total. The number of rotatable bonds is 55. The summed E-state index contributed by atoms with van der Waals surface area (Å²) in [5, 5.41) is 20.4. The molecule has 0 aliphatic heterocycles. The summed E-state index contributed by atoms with van der Waals surface area (Å²) >= 11 is 0. The average Bonchev–Trinajstić information content (AvgIpc) is 3.42. The van der Waals surface area contributed by atoms with Crippen molar-refractivity contribution in [3.05, 3.63) is 97.2 Å². The molecule has 0 aliphatic rings. The number of phosphoric acid groups is 2.